The van der Waals surface area contributed by atoms with Gasteiger partial charge in [-0.05, 0) is 50.2 Å². The maximum absolute atomic E-state index is 11.8. The molecule has 1 saturated carbocycles. The number of aromatic nitrogens is 3. The van der Waals surface area contributed by atoms with Crippen LogP contribution < -0.4 is 11.5 Å². The van der Waals surface area contributed by atoms with E-state index in [1.165, 1.54) is 0 Å². The summed E-state index contributed by atoms with van der Waals surface area (Å²) in [5.41, 5.74) is 13.8. The van der Waals surface area contributed by atoms with E-state index in [0.717, 1.165) is 54.3 Å². The van der Waals surface area contributed by atoms with E-state index in [-0.39, 0.29) is 11.9 Å². The topological polar surface area (TPSA) is 111 Å². The zero-order valence-corrected chi connectivity index (χ0v) is 12.2. The summed E-state index contributed by atoms with van der Waals surface area (Å²) in [7, 11) is 0. The molecule has 6 heteroatoms. The SMILES string of the molecule is CC(N)CCCc1c(C2(C(N)=O)CC2)cnc2[nH]ncc12. The molecule has 1 amide bonds. The minimum absolute atomic E-state index is 0.182. The van der Waals surface area contributed by atoms with Crippen molar-refractivity contribution in [2.75, 3.05) is 0 Å². The fourth-order valence-electron chi connectivity index (χ4n) is 3.01. The third kappa shape index (κ3) is 2.40. The number of fused-ring (bicyclic) bond motifs is 1. The first kappa shape index (κ1) is 14.0. The van der Waals surface area contributed by atoms with Gasteiger partial charge >= 0.3 is 0 Å². The molecule has 6 nitrogen and oxygen atoms in total. The predicted octanol–water partition coefficient (Wildman–Crippen LogP) is 1.14. The molecular weight excluding hydrogens is 266 g/mol. The van der Waals surface area contributed by atoms with Crippen molar-refractivity contribution in [3.05, 3.63) is 23.5 Å². The zero-order valence-electron chi connectivity index (χ0n) is 12.2. The van der Waals surface area contributed by atoms with Crippen molar-refractivity contribution >= 4 is 16.9 Å². The van der Waals surface area contributed by atoms with Gasteiger partial charge in [-0.25, -0.2) is 4.98 Å². The lowest BCUT2D eigenvalue weighted by atomic mass is 9.88. The Morgan fingerprint density at radius 3 is 2.86 bits per heavy atom. The molecule has 0 aliphatic heterocycles. The van der Waals surface area contributed by atoms with Crippen LogP contribution in [0.5, 0.6) is 0 Å². The molecule has 1 aliphatic carbocycles. The highest BCUT2D eigenvalue weighted by Crippen LogP contribution is 2.49. The van der Waals surface area contributed by atoms with Gasteiger partial charge in [-0.15, -0.1) is 0 Å². The van der Waals surface area contributed by atoms with E-state index in [1.54, 1.807) is 12.4 Å². The molecule has 1 unspecified atom stereocenters. The van der Waals surface area contributed by atoms with E-state index in [1.807, 2.05) is 6.92 Å². The van der Waals surface area contributed by atoms with Crippen molar-refractivity contribution in [2.45, 2.75) is 50.5 Å². The van der Waals surface area contributed by atoms with Crippen LogP contribution in [0, 0.1) is 0 Å². The van der Waals surface area contributed by atoms with Gasteiger partial charge in [0.1, 0.15) is 0 Å². The number of carbonyl (C=O) groups excluding carboxylic acids is 1. The van der Waals surface area contributed by atoms with Gasteiger partial charge in [0.05, 0.1) is 11.6 Å². The van der Waals surface area contributed by atoms with Crippen LogP contribution in [0.4, 0.5) is 0 Å². The monoisotopic (exact) mass is 287 g/mol. The van der Waals surface area contributed by atoms with Crippen molar-refractivity contribution in [2.24, 2.45) is 11.5 Å². The summed E-state index contributed by atoms with van der Waals surface area (Å²) >= 11 is 0. The largest absolute Gasteiger partial charge is 0.369 e. The van der Waals surface area contributed by atoms with E-state index < -0.39 is 5.41 Å². The number of H-pyrrole nitrogens is 1. The van der Waals surface area contributed by atoms with Crippen LogP contribution in [-0.2, 0) is 16.6 Å². The summed E-state index contributed by atoms with van der Waals surface area (Å²) in [5, 5.41) is 7.94. The van der Waals surface area contributed by atoms with Crippen LogP contribution in [0.25, 0.3) is 11.0 Å². The highest BCUT2D eigenvalue weighted by molar-refractivity contribution is 5.92. The Labute approximate surface area is 123 Å². The summed E-state index contributed by atoms with van der Waals surface area (Å²) in [6, 6.07) is 0.182. The Kier molecular flexibility index (Phi) is 3.41. The van der Waals surface area contributed by atoms with Crippen LogP contribution in [-0.4, -0.2) is 27.1 Å². The standard InChI is InChI=1S/C15H21N5O/c1-9(16)3-2-4-10-11-7-19-20-13(11)18-8-12(10)15(5-6-15)14(17)21/h7-9H,2-6,16H2,1H3,(H2,17,21)(H,18,19,20). The molecule has 1 fully saturated rings. The summed E-state index contributed by atoms with van der Waals surface area (Å²) in [6.07, 6.45) is 7.99. The smallest absolute Gasteiger partial charge is 0.228 e. The van der Waals surface area contributed by atoms with E-state index >= 15 is 0 Å². The highest BCUT2D eigenvalue weighted by Gasteiger charge is 2.51. The molecule has 0 bridgehead atoms. The van der Waals surface area contributed by atoms with Crippen LogP contribution in [0.2, 0.25) is 0 Å². The van der Waals surface area contributed by atoms with Gasteiger partial charge in [0.15, 0.2) is 5.65 Å². The Hall–Kier alpha value is -1.95. The van der Waals surface area contributed by atoms with Gasteiger partial charge in [0, 0.05) is 17.6 Å². The molecule has 3 rings (SSSR count). The lowest BCUT2D eigenvalue weighted by Crippen LogP contribution is -2.29. The number of nitrogens with two attached hydrogens (primary N) is 2. The highest BCUT2D eigenvalue weighted by atomic mass is 16.1. The maximum Gasteiger partial charge on any atom is 0.228 e. The van der Waals surface area contributed by atoms with E-state index in [9.17, 15) is 4.79 Å². The Balaban J connectivity index is 2.01. The summed E-state index contributed by atoms with van der Waals surface area (Å²) < 4.78 is 0. The molecule has 0 radical (unpaired) electrons. The van der Waals surface area contributed by atoms with Crippen molar-refractivity contribution < 1.29 is 4.79 Å². The first-order valence-corrected chi connectivity index (χ1v) is 7.41. The minimum atomic E-state index is -0.512. The summed E-state index contributed by atoms with van der Waals surface area (Å²) in [6.45, 7) is 2.01. The van der Waals surface area contributed by atoms with Gasteiger partial charge in [-0.1, -0.05) is 0 Å². The number of amides is 1. The Morgan fingerprint density at radius 2 is 2.24 bits per heavy atom. The molecule has 21 heavy (non-hydrogen) atoms. The molecule has 0 spiro atoms. The molecule has 5 N–H and O–H groups in total. The van der Waals surface area contributed by atoms with Crippen molar-refractivity contribution in [1.82, 2.24) is 15.2 Å². The van der Waals surface area contributed by atoms with Gasteiger partial charge in [-0.2, -0.15) is 5.10 Å². The van der Waals surface area contributed by atoms with Gasteiger partial charge in [0.25, 0.3) is 0 Å². The third-order valence-electron chi connectivity index (χ3n) is 4.42. The number of pyridine rings is 1. The van der Waals surface area contributed by atoms with E-state index in [2.05, 4.69) is 15.2 Å². The van der Waals surface area contributed by atoms with Crippen LogP contribution >= 0.6 is 0 Å². The normalized spacial score (nSPS) is 17.8. The van der Waals surface area contributed by atoms with Crippen molar-refractivity contribution in [1.29, 1.82) is 0 Å². The molecule has 2 aromatic rings. The number of carbonyl (C=O) groups is 1. The maximum atomic E-state index is 11.8. The number of nitrogens with one attached hydrogen (secondary N) is 1. The average molecular weight is 287 g/mol. The number of hydrogen-bond acceptors (Lipinski definition) is 4. The lowest BCUT2D eigenvalue weighted by Gasteiger charge is -2.17. The Morgan fingerprint density at radius 1 is 1.48 bits per heavy atom. The summed E-state index contributed by atoms with van der Waals surface area (Å²) in [5.74, 6) is -0.249. The second kappa shape index (κ2) is 5.11. The van der Waals surface area contributed by atoms with Crippen LogP contribution in [0.3, 0.4) is 0 Å². The molecule has 0 aromatic carbocycles. The fraction of sp³-hybridized carbons (Fsp3) is 0.533. The number of aromatic amines is 1. The molecule has 0 saturated heterocycles. The summed E-state index contributed by atoms with van der Waals surface area (Å²) in [4.78, 5) is 16.2. The minimum Gasteiger partial charge on any atom is -0.369 e. The van der Waals surface area contributed by atoms with Crippen molar-refractivity contribution in [3.8, 4) is 0 Å². The zero-order chi connectivity index (χ0) is 15.0. The number of aryl methyl sites for hydroxylation is 1. The van der Waals surface area contributed by atoms with Crippen LogP contribution in [0.1, 0.15) is 43.7 Å². The number of rotatable bonds is 6. The Bertz CT molecular complexity index is 672. The quantitative estimate of drug-likeness (QED) is 0.739. The average Bonchev–Trinajstić information content (AvgIpc) is 3.10. The van der Waals surface area contributed by atoms with Gasteiger partial charge in [0.2, 0.25) is 5.91 Å². The van der Waals surface area contributed by atoms with E-state index in [4.69, 9.17) is 11.5 Å². The van der Waals surface area contributed by atoms with Crippen LogP contribution in [0.15, 0.2) is 12.4 Å². The molecule has 2 heterocycles. The fourth-order valence-corrected chi connectivity index (χ4v) is 3.01. The molecule has 2 aromatic heterocycles. The van der Waals surface area contributed by atoms with E-state index in [0.29, 0.717) is 0 Å². The second-order valence-corrected chi connectivity index (χ2v) is 6.10. The molecule has 1 atom stereocenters. The molecular formula is C15H21N5O. The second-order valence-electron chi connectivity index (χ2n) is 6.10. The number of nitrogens with zero attached hydrogens (tertiary/aromatic N) is 2. The third-order valence-corrected chi connectivity index (χ3v) is 4.42. The number of primary amides is 1. The van der Waals surface area contributed by atoms with Crippen molar-refractivity contribution in [3.63, 3.8) is 0 Å². The predicted molar refractivity (Wildman–Crippen MR) is 80.6 cm³/mol. The molecule has 1 aliphatic rings. The first-order valence-electron chi connectivity index (χ1n) is 7.41. The van der Waals surface area contributed by atoms with Gasteiger partial charge in [-0.3, -0.25) is 9.89 Å². The first-order chi connectivity index (χ1) is 10.0. The number of hydrogen-bond donors (Lipinski definition) is 3. The van der Waals surface area contributed by atoms with Gasteiger partial charge < -0.3 is 11.5 Å². The molecule has 112 valence electrons. The lowest BCUT2D eigenvalue weighted by molar-refractivity contribution is -0.120.